The summed E-state index contributed by atoms with van der Waals surface area (Å²) in [5.41, 5.74) is 0.390. The summed E-state index contributed by atoms with van der Waals surface area (Å²) >= 11 is 0. The smallest absolute Gasteiger partial charge is 0.200 e. The van der Waals surface area contributed by atoms with E-state index < -0.39 is 17.4 Å². The number of benzene rings is 1. The summed E-state index contributed by atoms with van der Waals surface area (Å²) < 4.78 is 25.8. The molecular weight excluding hydrogens is 202 g/mol. The number of aromatic hydroxyl groups is 1. The zero-order valence-corrected chi connectivity index (χ0v) is 8.06. The van der Waals surface area contributed by atoms with Gasteiger partial charge in [0.25, 0.3) is 0 Å². The van der Waals surface area contributed by atoms with Gasteiger partial charge in [0.1, 0.15) is 0 Å². The monoisotopic (exact) mass is 214 g/mol. The molecule has 1 heterocycles. The lowest BCUT2D eigenvalue weighted by molar-refractivity contribution is 0.374. The highest BCUT2D eigenvalue weighted by Crippen LogP contribution is 2.28. The number of hydrogen-bond donors (Lipinski definition) is 3. The van der Waals surface area contributed by atoms with Crippen molar-refractivity contribution in [1.82, 2.24) is 10.6 Å². The molecule has 1 atom stereocenters. The maximum absolute atomic E-state index is 13.1. The minimum Gasteiger partial charge on any atom is -0.505 e. The van der Waals surface area contributed by atoms with Crippen molar-refractivity contribution in [3.63, 3.8) is 0 Å². The van der Waals surface area contributed by atoms with Crippen LogP contribution >= 0.6 is 0 Å². The fourth-order valence-electron chi connectivity index (χ4n) is 1.71. The van der Waals surface area contributed by atoms with Gasteiger partial charge in [0, 0.05) is 31.2 Å². The molecule has 2 rings (SSSR count). The van der Waals surface area contributed by atoms with Gasteiger partial charge in [0.05, 0.1) is 0 Å². The number of phenols is 1. The Labute approximate surface area is 86.1 Å². The molecule has 3 nitrogen and oxygen atoms in total. The SMILES string of the molecule is Oc1c([C@@H]2CNCCN2)ccc(F)c1F. The summed E-state index contributed by atoms with van der Waals surface area (Å²) in [6, 6.07) is 2.26. The molecular formula is C10H12F2N2O. The van der Waals surface area contributed by atoms with Gasteiger partial charge in [0.2, 0.25) is 5.82 Å². The zero-order valence-electron chi connectivity index (χ0n) is 8.06. The molecule has 1 aromatic rings. The van der Waals surface area contributed by atoms with Gasteiger partial charge >= 0.3 is 0 Å². The Hall–Kier alpha value is -1.20. The molecule has 82 valence electrons. The first kappa shape index (κ1) is 10.3. The van der Waals surface area contributed by atoms with Crippen LogP contribution in [0.4, 0.5) is 8.78 Å². The van der Waals surface area contributed by atoms with Gasteiger partial charge in [0.15, 0.2) is 11.6 Å². The standard InChI is InChI=1S/C10H12F2N2O/c11-7-2-1-6(10(15)9(7)12)8-5-13-3-4-14-8/h1-2,8,13-15H,3-5H2/t8-/m0/s1. The molecule has 1 saturated heterocycles. The van der Waals surface area contributed by atoms with E-state index in [1.54, 1.807) is 0 Å². The Balaban J connectivity index is 2.31. The second kappa shape index (κ2) is 4.12. The van der Waals surface area contributed by atoms with Crippen molar-refractivity contribution >= 4 is 0 Å². The summed E-state index contributed by atoms with van der Waals surface area (Å²) in [5, 5.41) is 15.7. The van der Waals surface area contributed by atoms with Crippen molar-refractivity contribution in [3.8, 4) is 5.75 Å². The normalized spacial score (nSPS) is 21.6. The van der Waals surface area contributed by atoms with E-state index in [2.05, 4.69) is 10.6 Å². The minimum absolute atomic E-state index is 0.172. The van der Waals surface area contributed by atoms with Gasteiger partial charge in [-0.3, -0.25) is 0 Å². The van der Waals surface area contributed by atoms with Crippen LogP contribution in [0.5, 0.6) is 5.75 Å². The fraction of sp³-hybridized carbons (Fsp3) is 0.400. The molecule has 0 aromatic heterocycles. The van der Waals surface area contributed by atoms with Crippen LogP contribution in [-0.2, 0) is 0 Å². The Kier molecular flexibility index (Phi) is 2.83. The van der Waals surface area contributed by atoms with Gasteiger partial charge in [-0.25, -0.2) is 4.39 Å². The molecule has 1 aromatic carbocycles. The maximum Gasteiger partial charge on any atom is 0.200 e. The highest BCUT2D eigenvalue weighted by molar-refractivity contribution is 5.37. The topological polar surface area (TPSA) is 44.3 Å². The van der Waals surface area contributed by atoms with Crippen LogP contribution in [0.25, 0.3) is 0 Å². The number of phenolic OH excluding ortho intramolecular Hbond substituents is 1. The molecule has 15 heavy (non-hydrogen) atoms. The fourth-order valence-corrected chi connectivity index (χ4v) is 1.71. The van der Waals surface area contributed by atoms with Crippen molar-refractivity contribution in [1.29, 1.82) is 0 Å². The highest BCUT2D eigenvalue weighted by Gasteiger charge is 2.21. The first-order valence-corrected chi connectivity index (χ1v) is 4.81. The summed E-state index contributed by atoms with van der Waals surface area (Å²) in [6.07, 6.45) is 0. The first-order valence-electron chi connectivity index (χ1n) is 4.81. The second-order valence-corrected chi connectivity index (χ2v) is 3.51. The zero-order chi connectivity index (χ0) is 10.8. The maximum atomic E-state index is 13.1. The minimum atomic E-state index is -1.18. The second-order valence-electron chi connectivity index (χ2n) is 3.51. The van der Waals surface area contributed by atoms with E-state index in [4.69, 9.17) is 0 Å². The Bertz CT molecular complexity index is 365. The molecule has 0 radical (unpaired) electrons. The predicted molar refractivity (Wildman–Crippen MR) is 51.6 cm³/mol. The molecule has 0 aliphatic carbocycles. The molecule has 5 heteroatoms. The van der Waals surface area contributed by atoms with E-state index in [1.165, 1.54) is 6.07 Å². The van der Waals surface area contributed by atoms with E-state index in [0.29, 0.717) is 12.1 Å². The third-order valence-electron chi connectivity index (χ3n) is 2.52. The van der Waals surface area contributed by atoms with Gasteiger partial charge in [-0.05, 0) is 6.07 Å². The van der Waals surface area contributed by atoms with Crippen LogP contribution in [0.2, 0.25) is 0 Å². The molecule has 1 aliphatic heterocycles. The Morgan fingerprint density at radius 3 is 2.73 bits per heavy atom. The van der Waals surface area contributed by atoms with Gasteiger partial charge in [-0.15, -0.1) is 0 Å². The number of hydrogen-bond acceptors (Lipinski definition) is 3. The lowest BCUT2D eigenvalue weighted by Crippen LogP contribution is -2.42. The van der Waals surface area contributed by atoms with Crippen LogP contribution in [0, 0.1) is 11.6 Å². The van der Waals surface area contributed by atoms with E-state index in [9.17, 15) is 13.9 Å². The molecule has 0 amide bonds. The Morgan fingerprint density at radius 1 is 1.27 bits per heavy atom. The summed E-state index contributed by atoms with van der Waals surface area (Å²) in [4.78, 5) is 0. The number of halogens is 2. The van der Waals surface area contributed by atoms with Crippen molar-refractivity contribution in [2.24, 2.45) is 0 Å². The van der Waals surface area contributed by atoms with Crippen LogP contribution in [-0.4, -0.2) is 24.7 Å². The van der Waals surface area contributed by atoms with E-state index in [0.717, 1.165) is 19.2 Å². The first-order chi connectivity index (χ1) is 7.20. The van der Waals surface area contributed by atoms with Crippen LogP contribution in [0.3, 0.4) is 0 Å². The van der Waals surface area contributed by atoms with Crippen molar-refractivity contribution in [3.05, 3.63) is 29.3 Å². The average Bonchev–Trinajstić information content (AvgIpc) is 2.27. The summed E-state index contributed by atoms with van der Waals surface area (Å²) in [7, 11) is 0. The van der Waals surface area contributed by atoms with Gasteiger partial charge < -0.3 is 15.7 Å². The average molecular weight is 214 g/mol. The predicted octanol–water partition coefficient (Wildman–Crippen LogP) is 0.904. The summed E-state index contributed by atoms with van der Waals surface area (Å²) in [5.74, 6) is -2.81. The lowest BCUT2D eigenvalue weighted by Gasteiger charge is -2.25. The number of nitrogens with one attached hydrogen (secondary N) is 2. The molecule has 0 bridgehead atoms. The number of rotatable bonds is 1. The molecule has 0 saturated carbocycles. The van der Waals surface area contributed by atoms with Gasteiger partial charge in [-0.2, -0.15) is 4.39 Å². The highest BCUT2D eigenvalue weighted by atomic mass is 19.2. The molecule has 1 aliphatic rings. The van der Waals surface area contributed by atoms with E-state index in [-0.39, 0.29) is 6.04 Å². The van der Waals surface area contributed by atoms with Crippen molar-refractivity contribution in [2.75, 3.05) is 19.6 Å². The number of piperazine rings is 1. The van der Waals surface area contributed by atoms with Crippen LogP contribution in [0.15, 0.2) is 12.1 Å². The van der Waals surface area contributed by atoms with Gasteiger partial charge in [-0.1, -0.05) is 6.07 Å². The quantitative estimate of drug-likeness (QED) is 0.651. The third kappa shape index (κ3) is 1.93. The van der Waals surface area contributed by atoms with Crippen LogP contribution < -0.4 is 10.6 Å². The molecule has 3 N–H and O–H groups in total. The molecule has 1 fully saturated rings. The molecule has 0 spiro atoms. The van der Waals surface area contributed by atoms with Crippen LogP contribution in [0.1, 0.15) is 11.6 Å². The van der Waals surface area contributed by atoms with Crippen molar-refractivity contribution < 1.29 is 13.9 Å². The van der Waals surface area contributed by atoms with E-state index >= 15 is 0 Å². The molecule has 0 unspecified atom stereocenters. The lowest BCUT2D eigenvalue weighted by atomic mass is 10.0. The summed E-state index contributed by atoms with van der Waals surface area (Å²) in [6.45, 7) is 2.17. The Morgan fingerprint density at radius 2 is 2.07 bits per heavy atom. The van der Waals surface area contributed by atoms with E-state index in [1.807, 2.05) is 0 Å². The van der Waals surface area contributed by atoms with Crippen molar-refractivity contribution in [2.45, 2.75) is 6.04 Å². The third-order valence-corrected chi connectivity index (χ3v) is 2.52. The largest absolute Gasteiger partial charge is 0.505 e.